The van der Waals surface area contributed by atoms with Gasteiger partial charge in [-0.25, -0.2) is 0 Å². The molecular formula is C18H24N2O6. The molecule has 0 radical (unpaired) electrons. The van der Waals surface area contributed by atoms with Crippen molar-refractivity contribution in [2.24, 2.45) is 0 Å². The van der Waals surface area contributed by atoms with Gasteiger partial charge in [-0.1, -0.05) is 12.1 Å². The number of benzene rings is 1. The van der Waals surface area contributed by atoms with Crippen LogP contribution in [0.1, 0.15) is 13.8 Å². The topological polar surface area (TPSA) is 85.4 Å². The average Bonchev–Trinajstić information content (AvgIpc) is 2.62. The summed E-state index contributed by atoms with van der Waals surface area (Å²) in [6.07, 6.45) is -0.685. The number of nitrogens with zero attached hydrogens (tertiary/aromatic N) is 2. The summed E-state index contributed by atoms with van der Waals surface area (Å²) in [6.45, 7) is 3.69. The smallest absolute Gasteiger partial charge is 0.325 e. The number of hydrogen-bond donors (Lipinski definition) is 0. The van der Waals surface area contributed by atoms with Crippen LogP contribution in [0.3, 0.4) is 0 Å². The zero-order valence-electron chi connectivity index (χ0n) is 15.3. The Bertz CT molecular complexity index is 663. The quantitative estimate of drug-likeness (QED) is 0.636. The van der Waals surface area contributed by atoms with Gasteiger partial charge in [0.1, 0.15) is 18.8 Å². The third-order valence-corrected chi connectivity index (χ3v) is 3.91. The van der Waals surface area contributed by atoms with Crippen LogP contribution in [0.25, 0.3) is 0 Å². The van der Waals surface area contributed by atoms with Crippen molar-refractivity contribution in [2.75, 3.05) is 44.9 Å². The van der Waals surface area contributed by atoms with E-state index in [4.69, 9.17) is 14.2 Å². The molecule has 1 aromatic carbocycles. The molecule has 1 heterocycles. The fourth-order valence-electron chi connectivity index (χ4n) is 2.61. The first-order chi connectivity index (χ1) is 12.5. The van der Waals surface area contributed by atoms with Crippen LogP contribution in [0.5, 0.6) is 5.75 Å². The molecule has 0 N–H and O–H groups in total. The number of esters is 1. The molecule has 142 valence electrons. The molecule has 1 aliphatic rings. The molecule has 0 unspecified atom stereocenters. The maximum Gasteiger partial charge on any atom is 0.325 e. The van der Waals surface area contributed by atoms with Crippen LogP contribution in [0, 0.1) is 0 Å². The largest absolute Gasteiger partial charge is 0.479 e. The van der Waals surface area contributed by atoms with Crippen molar-refractivity contribution >= 4 is 23.5 Å². The minimum absolute atomic E-state index is 0.188. The molecule has 26 heavy (non-hydrogen) atoms. The van der Waals surface area contributed by atoms with Gasteiger partial charge in [0.25, 0.3) is 5.91 Å². The van der Waals surface area contributed by atoms with Gasteiger partial charge in [-0.15, -0.1) is 0 Å². The number of rotatable bonds is 8. The second kappa shape index (κ2) is 9.19. The van der Waals surface area contributed by atoms with E-state index in [-0.39, 0.29) is 44.7 Å². The third kappa shape index (κ3) is 4.72. The van der Waals surface area contributed by atoms with Gasteiger partial charge >= 0.3 is 5.97 Å². The maximum absolute atomic E-state index is 12.7. The number of fused-ring (bicyclic) bond motifs is 1. The van der Waals surface area contributed by atoms with E-state index in [9.17, 15) is 14.4 Å². The highest BCUT2D eigenvalue weighted by molar-refractivity contribution is 6.03. The molecule has 2 rings (SSSR count). The molecule has 1 atom stereocenters. The number of methoxy groups -OCH3 is 1. The van der Waals surface area contributed by atoms with Gasteiger partial charge in [0.2, 0.25) is 5.91 Å². The fraction of sp³-hybridized carbons (Fsp3) is 0.500. The molecule has 0 saturated heterocycles. The Labute approximate surface area is 152 Å². The molecule has 0 spiro atoms. The number of para-hydroxylation sites is 2. The van der Waals surface area contributed by atoms with Crippen molar-refractivity contribution < 1.29 is 28.6 Å². The predicted octanol–water partition coefficient (Wildman–Crippen LogP) is 0.839. The lowest BCUT2D eigenvalue weighted by molar-refractivity contribution is -0.149. The molecule has 8 nitrogen and oxygen atoms in total. The second-order valence-electron chi connectivity index (χ2n) is 5.77. The van der Waals surface area contributed by atoms with Crippen molar-refractivity contribution in [3.8, 4) is 5.75 Å². The summed E-state index contributed by atoms with van der Waals surface area (Å²) in [5.41, 5.74) is 0.534. The van der Waals surface area contributed by atoms with E-state index in [2.05, 4.69) is 0 Å². The second-order valence-corrected chi connectivity index (χ2v) is 5.77. The van der Waals surface area contributed by atoms with Crippen molar-refractivity contribution in [2.45, 2.75) is 20.0 Å². The molecule has 0 saturated carbocycles. The normalized spacial score (nSPS) is 15.9. The minimum atomic E-state index is -0.685. The molecule has 1 aromatic rings. The molecule has 0 aliphatic carbocycles. The fourth-order valence-corrected chi connectivity index (χ4v) is 2.61. The van der Waals surface area contributed by atoms with Crippen molar-refractivity contribution in [1.29, 1.82) is 0 Å². The molecule has 2 amide bonds. The predicted molar refractivity (Wildman–Crippen MR) is 94.0 cm³/mol. The Morgan fingerprint density at radius 2 is 2.04 bits per heavy atom. The SMILES string of the molecule is CCOC(=O)CN(CCOC)C(=O)CN1C(=O)[C@H](C)Oc2ccccc21. The van der Waals surface area contributed by atoms with Crippen LogP contribution in [0.4, 0.5) is 5.69 Å². The van der Waals surface area contributed by atoms with Crippen LogP contribution in [-0.2, 0) is 23.9 Å². The maximum atomic E-state index is 12.7. The van der Waals surface area contributed by atoms with E-state index in [0.717, 1.165) is 0 Å². The Morgan fingerprint density at radius 3 is 2.73 bits per heavy atom. The van der Waals surface area contributed by atoms with Crippen molar-refractivity contribution in [3.63, 3.8) is 0 Å². The van der Waals surface area contributed by atoms with Crippen LogP contribution in [0.15, 0.2) is 24.3 Å². The number of anilines is 1. The van der Waals surface area contributed by atoms with Gasteiger partial charge in [0.15, 0.2) is 6.10 Å². The first-order valence-electron chi connectivity index (χ1n) is 8.47. The van der Waals surface area contributed by atoms with Gasteiger partial charge in [-0.3, -0.25) is 19.3 Å². The lowest BCUT2D eigenvalue weighted by atomic mass is 10.2. The number of carbonyl (C=O) groups excluding carboxylic acids is 3. The summed E-state index contributed by atoms with van der Waals surface area (Å²) in [6, 6.07) is 7.03. The molecule has 0 bridgehead atoms. The summed E-state index contributed by atoms with van der Waals surface area (Å²) in [4.78, 5) is 39.7. The highest BCUT2D eigenvalue weighted by atomic mass is 16.5. The van der Waals surface area contributed by atoms with Crippen molar-refractivity contribution in [1.82, 2.24) is 4.90 Å². The van der Waals surface area contributed by atoms with Gasteiger partial charge in [0.05, 0.1) is 18.9 Å². The van der Waals surface area contributed by atoms with Gasteiger partial charge in [-0.2, -0.15) is 0 Å². The monoisotopic (exact) mass is 364 g/mol. The lowest BCUT2D eigenvalue weighted by Crippen LogP contribution is -2.50. The van der Waals surface area contributed by atoms with Crippen molar-refractivity contribution in [3.05, 3.63) is 24.3 Å². The van der Waals surface area contributed by atoms with E-state index in [0.29, 0.717) is 11.4 Å². The van der Waals surface area contributed by atoms with E-state index in [1.54, 1.807) is 38.1 Å². The first-order valence-corrected chi connectivity index (χ1v) is 8.47. The molecule has 1 aliphatic heterocycles. The van der Waals surface area contributed by atoms with E-state index >= 15 is 0 Å². The Balaban J connectivity index is 2.16. The zero-order valence-corrected chi connectivity index (χ0v) is 15.3. The van der Waals surface area contributed by atoms with Crippen LogP contribution >= 0.6 is 0 Å². The zero-order chi connectivity index (χ0) is 19.1. The summed E-state index contributed by atoms with van der Waals surface area (Å²) < 4.78 is 15.5. The highest BCUT2D eigenvalue weighted by Gasteiger charge is 2.33. The van der Waals surface area contributed by atoms with E-state index < -0.39 is 12.1 Å². The molecule has 0 fully saturated rings. The minimum Gasteiger partial charge on any atom is -0.479 e. The Kier molecular flexibility index (Phi) is 6.97. The molecule has 0 aromatic heterocycles. The summed E-state index contributed by atoms with van der Waals surface area (Å²) >= 11 is 0. The Hall–Kier alpha value is -2.61. The average molecular weight is 364 g/mol. The van der Waals surface area contributed by atoms with Gasteiger partial charge in [0, 0.05) is 13.7 Å². The number of amides is 2. The van der Waals surface area contributed by atoms with E-state index in [1.807, 2.05) is 0 Å². The van der Waals surface area contributed by atoms with Crippen LogP contribution in [-0.4, -0.2) is 68.7 Å². The first kappa shape index (κ1) is 19.7. The van der Waals surface area contributed by atoms with Gasteiger partial charge in [-0.05, 0) is 26.0 Å². The Morgan fingerprint density at radius 1 is 1.31 bits per heavy atom. The number of ether oxygens (including phenoxy) is 3. The number of carbonyl (C=O) groups is 3. The van der Waals surface area contributed by atoms with Crippen LogP contribution < -0.4 is 9.64 Å². The van der Waals surface area contributed by atoms with E-state index in [1.165, 1.54) is 16.9 Å². The summed E-state index contributed by atoms with van der Waals surface area (Å²) in [5, 5.41) is 0. The van der Waals surface area contributed by atoms with Gasteiger partial charge < -0.3 is 19.1 Å². The molecule has 8 heteroatoms. The third-order valence-electron chi connectivity index (χ3n) is 3.91. The lowest BCUT2D eigenvalue weighted by Gasteiger charge is -2.33. The highest BCUT2D eigenvalue weighted by Crippen LogP contribution is 2.33. The summed E-state index contributed by atoms with van der Waals surface area (Å²) in [5.74, 6) is -0.632. The summed E-state index contributed by atoms with van der Waals surface area (Å²) in [7, 11) is 1.51. The molecular weight excluding hydrogens is 340 g/mol. The number of hydrogen-bond acceptors (Lipinski definition) is 6. The standard InChI is InChI=1S/C18H24N2O6/c1-4-25-17(22)12-19(9-10-24-3)16(21)11-20-14-7-5-6-8-15(14)26-13(2)18(20)23/h5-8,13H,4,9-12H2,1-3H3/t13-/m0/s1. The van der Waals surface area contributed by atoms with Crippen LogP contribution in [0.2, 0.25) is 0 Å².